The molecule has 0 spiro atoms. The summed E-state index contributed by atoms with van der Waals surface area (Å²) in [6, 6.07) is 6.19. The number of benzene rings is 1. The van der Waals surface area contributed by atoms with Crippen LogP contribution in [-0.4, -0.2) is 32.3 Å². The Morgan fingerprint density at radius 1 is 1.35 bits per heavy atom. The quantitative estimate of drug-likeness (QED) is 0.282. The third-order valence-electron chi connectivity index (χ3n) is 3.40. The number of hydrogen-bond acceptors (Lipinski definition) is 2. The second-order valence-corrected chi connectivity index (χ2v) is 5.34. The van der Waals surface area contributed by atoms with Crippen molar-refractivity contribution in [2.45, 2.75) is 46.3 Å². The molecule has 0 aliphatic rings. The number of alkyl halides is 1. The summed E-state index contributed by atoms with van der Waals surface area (Å²) in [5, 5.41) is 6.31. The lowest BCUT2D eigenvalue weighted by Crippen LogP contribution is -2.37. The normalized spacial score (nSPS) is 12.3. The average molecular weight is 437 g/mol. The molecule has 4 nitrogen and oxygen atoms in total. The Balaban J connectivity index is 0.00000484. The van der Waals surface area contributed by atoms with Crippen molar-refractivity contribution < 1.29 is 9.13 Å². The summed E-state index contributed by atoms with van der Waals surface area (Å²) < 4.78 is 18.1. The fraction of sp³-hybridized carbons (Fsp3) is 0.588. The Kier molecular flexibility index (Phi) is 11.8. The summed E-state index contributed by atoms with van der Waals surface area (Å²) in [5.41, 5.74) is 2.26. The van der Waals surface area contributed by atoms with Gasteiger partial charge in [0.05, 0.1) is 12.8 Å². The van der Waals surface area contributed by atoms with Crippen molar-refractivity contribution in [1.82, 2.24) is 10.6 Å². The van der Waals surface area contributed by atoms with E-state index in [1.54, 1.807) is 7.05 Å². The molecule has 0 amide bonds. The third kappa shape index (κ3) is 8.39. The zero-order chi connectivity index (χ0) is 16.4. The lowest BCUT2D eigenvalue weighted by atomic mass is 10.1. The molecule has 0 aliphatic carbocycles. The molecule has 0 heterocycles. The van der Waals surface area contributed by atoms with Gasteiger partial charge in [0.1, 0.15) is 5.75 Å². The molecule has 0 radical (unpaired) electrons. The SMILES string of the molecule is CCC(C)Oc1cc(C)ccc1CNC(=NC)NCCCF.I. The number of aryl methyl sites for hydroxylation is 1. The first-order valence-electron chi connectivity index (χ1n) is 7.87. The molecule has 0 aliphatic heterocycles. The summed E-state index contributed by atoms with van der Waals surface area (Å²) in [7, 11) is 1.70. The van der Waals surface area contributed by atoms with Gasteiger partial charge >= 0.3 is 0 Å². The monoisotopic (exact) mass is 437 g/mol. The molecule has 132 valence electrons. The standard InChI is InChI=1S/C17H28FN3O.HI/c1-5-14(3)22-16-11-13(2)7-8-15(16)12-21-17(19-4)20-10-6-9-18;/h7-8,11,14H,5-6,9-10,12H2,1-4H3,(H2,19,20,21);1H. The van der Waals surface area contributed by atoms with Crippen molar-refractivity contribution in [3.05, 3.63) is 29.3 Å². The zero-order valence-corrected chi connectivity index (χ0v) is 16.8. The van der Waals surface area contributed by atoms with Crippen LogP contribution in [-0.2, 0) is 6.54 Å². The summed E-state index contributed by atoms with van der Waals surface area (Å²) in [6.45, 7) is 7.08. The van der Waals surface area contributed by atoms with Crippen LogP contribution in [0.3, 0.4) is 0 Å². The summed E-state index contributed by atoms with van der Waals surface area (Å²) in [5.74, 6) is 1.57. The number of rotatable bonds is 8. The minimum atomic E-state index is -0.325. The average Bonchev–Trinajstić information content (AvgIpc) is 2.52. The van der Waals surface area contributed by atoms with E-state index >= 15 is 0 Å². The van der Waals surface area contributed by atoms with Crippen molar-refractivity contribution in [3.8, 4) is 5.75 Å². The van der Waals surface area contributed by atoms with E-state index in [1.165, 1.54) is 5.56 Å². The fourth-order valence-electron chi connectivity index (χ4n) is 1.89. The topological polar surface area (TPSA) is 45.6 Å². The van der Waals surface area contributed by atoms with Gasteiger partial charge < -0.3 is 15.4 Å². The van der Waals surface area contributed by atoms with Crippen molar-refractivity contribution in [1.29, 1.82) is 0 Å². The van der Waals surface area contributed by atoms with Gasteiger partial charge in [0.15, 0.2) is 5.96 Å². The Bertz CT molecular complexity index is 483. The molecular formula is C17H29FIN3O. The van der Waals surface area contributed by atoms with Crippen LogP contribution in [0, 0.1) is 6.92 Å². The fourth-order valence-corrected chi connectivity index (χ4v) is 1.89. The Morgan fingerprint density at radius 2 is 2.09 bits per heavy atom. The number of ether oxygens (including phenoxy) is 1. The highest BCUT2D eigenvalue weighted by molar-refractivity contribution is 14.0. The minimum Gasteiger partial charge on any atom is -0.490 e. The molecule has 0 aromatic heterocycles. The predicted molar refractivity (Wildman–Crippen MR) is 106 cm³/mol. The number of hydrogen-bond donors (Lipinski definition) is 2. The Morgan fingerprint density at radius 3 is 2.70 bits per heavy atom. The maximum Gasteiger partial charge on any atom is 0.191 e. The molecule has 1 aromatic rings. The van der Waals surface area contributed by atoms with Gasteiger partial charge in [-0.25, -0.2) is 0 Å². The van der Waals surface area contributed by atoms with Gasteiger partial charge in [-0.2, -0.15) is 0 Å². The smallest absolute Gasteiger partial charge is 0.191 e. The van der Waals surface area contributed by atoms with Gasteiger partial charge in [-0.3, -0.25) is 9.38 Å². The van der Waals surface area contributed by atoms with E-state index in [0.717, 1.165) is 17.7 Å². The minimum absolute atomic E-state index is 0. The molecule has 0 saturated carbocycles. The van der Waals surface area contributed by atoms with Crippen LogP contribution in [0.2, 0.25) is 0 Å². The van der Waals surface area contributed by atoms with Gasteiger partial charge in [-0.1, -0.05) is 19.1 Å². The molecule has 1 unspecified atom stereocenters. The summed E-state index contributed by atoms with van der Waals surface area (Å²) in [6.07, 6.45) is 1.63. The zero-order valence-electron chi connectivity index (χ0n) is 14.5. The highest BCUT2D eigenvalue weighted by atomic mass is 127. The largest absolute Gasteiger partial charge is 0.490 e. The molecule has 1 rings (SSSR count). The second-order valence-electron chi connectivity index (χ2n) is 5.34. The van der Waals surface area contributed by atoms with Crippen LogP contribution in [0.4, 0.5) is 4.39 Å². The highest BCUT2D eigenvalue weighted by Crippen LogP contribution is 2.22. The maximum absolute atomic E-state index is 12.1. The van der Waals surface area contributed by atoms with Crippen molar-refractivity contribution >= 4 is 29.9 Å². The molecule has 0 fully saturated rings. The highest BCUT2D eigenvalue weighted by Gasteiger charge is 2.08. The Hall–Kier alpha value is -1.05. The van der Waals surface area contributed by atoms with E-state index in [-0.39, 0.29) is 36.8 Å². The summed E-state index contributed by atoms with van der Waals surface area (Å²) >= 11 is 0. The second kappa shape index (κ2) is 12.4. The van der Waals surface area contributed by atoms with Gasteiger partial charge in [0.25, 0.3) is 0 Å². The molecule has 23 heavy (non-hydrogen) atoms. The number of guanidine groups is 1. The van der Waals surface area contributed by atoms with Crippen LogP contribution < -0.4 is 15.4 Å². The number of aliphatic imine (C=N–C) groups is 1. The van der Waals surface area contributed by atoms with Crippen molar-refractivity contribution in [3.63, 3.8) is 0 Å². The van der Waals surface area contributed by atoms with E-state index in [1.807, 2.05) is 0 Å². The predicted octanol–water partition coefficient (Wildman–Crippen LogP) is 3.81. The van der Waals surface area contributed by atoms with Crippen LogP contribution in [0.25, 0.3) is 0 Å². The van der Waals surface area contributed by atoms with E-state index in [0.29, 0.717) is 25.5 Å². The van der Waals surface area contributed by atoms with Crippen LogP contribution >= 0.6 is 24.0 Å². The van der Waals surface area contributed by atoms with Crippen molar-refractivity contribution in [2.75, 3.05) is 20.3 Å². The lowest BCUT2D eigenvalue weighted by Gasteiger charge is -2.18. The Labute approximate surface area is 156 Å². The number of halogens is 2. The first-order chi connectivity index (χ1) is 10.6. The van der Waals surface area contributed by atoms with Crippen LogP contribution in [0.1, 0.15) is 37.8 Å². The van der Waals surface area contributed by atoms with Crippen molar-refractivity contribution in [2.24, 2.45) is 4.99 Å². The number of nitrogens with one attached hydrogen (secondary N) is 2. The van der Waals surface area contributed by atoms with E-state index in [4.69, 9.17) is 4.74 Å². The molecule has 0 bridgehead atoms. The van der Waals surface area contributed by atoms with Gasteiger partial charge in [-0.05, 0) is 38.3 Å². The van der Waals surface area contributed by atoms with E-state index in [9.17, 15) is 4.39 Å². The third-order valence-corrected chi connectivity index (χ3v) is 3.40. The van der Waals surface area contributed by atoms with E-state index in [2.05, 4.69) is 54.6 Å². The van der Waals surface area contributed by atoms with Crippen LogP contribution in [0.15, 0.2) is 23.2 Å². The van der Waals surface area contributed by atoms with Crippen LogP contribution in [0.5, 0.6) is 5.75 Å². The van der Waals surface area contributed by atoms with Gasteiger partial charge in [-0.15, -0.1) is 24.0 Å². The number of nitrogens with zero attached hydrogens (tertiary/aromatic N) is 1. The first-order valence-corrected chi connectivity index (χ1v) is 7.87. The maximum atomic E-state index is 12.1. The molecular weight excluding hydrogens is 408 g/mol. The van der Waals surface area contributed by atoms with E-state index < -0.39 is 0 Å². The lowest BCUT2D eigenvalue weighted by molar-refractivity contribution is 0.215. The molecule has 0 saturated heterocycles. The molecule has 1 aromatic carbocycles. The molecule has 6 heteroatoms. The molecule has 1 atom stereocenters. The summed E-state index contributed by atoms with van der Waals surface area (Å²) in [4.78, 5) is 4.13. The van der Waals surface area contributed by atoms with Gasteiger partial charge in [0.2, 0.25) is 0 Å². The molecule has 2 N–H and O–H groups in total. The van der Waals surface area contributed by atoms with Gasteiger partial charge in [0, 0.05) is 25.7 Å². The first kappa shape index (κ1) is 21.9.